The van der Waals surface area contributed by atoms with Crippen LogP contribution < -0.4 is 5.32 Å². The lowest BCUT2D eigenvalue weighted by Crippen LogP contribution is -2.14. The SMILES string of the molecule is CO[C@H](CNc1ccc([N+](=O)[O-])nc1)c1ccc(F)cc1. The largest absolute Gasteiger partial charge is 0.379 e. The van der Waals surface area contributed by atoms with Crippen molar-refractivity contribution in [2.75, 3.05) is 19.0 Å². The Bertz CT molecular complexity index is 602. The molecule has 0 spiro atoms. The van der Waals surface area contributed by atoms with Gasteiger partial charge in [-0.1, -0.05) is 12.1 Å². The quantitative estimate of drug-likeness (QED) is 0.654. The van der Waals surface area contributed by atoms with E-state index in [1.54, 1.807) is 25.3 Å². The van der Waals surface area contributed by atoms with Gasteiger partial charge in [0.25, 0.3) is 0 Å². The summed E-state index contributed by atoms with van der Waals surface area (Å²) in [4.78, 5) is 13.7. The minimum atomic E-state index is -0.555. The molecule has 2 rings (SSSR count). The molecule has 0 amide bonds. The van der Waals surface area contributed by atoms with Gasteiger partial charge in [0.2, 0.25) is 0 Å². The van der Waals surface area contributed by atoms with E-state index in [1.807, 2.05) is 0 Å². The van der Waals surface area contributed by atoms with Crippen LogP contribution in [0.1, 0.15) is 11.7 Å². The Balaban J connectivity index is 1.99. The molecule has 6 nitrogen and oxygen atoms in total. The van der Waals surface area contributed by atoms with E-state index in [1.165, 1.54) is 24.4 Å². The number of hydrogen-bond donors (Lipinski definition) is 1. The molecule has 1 aromatic heterocycles. The fourth-order valence-electron chi connectivity index (χ4n) is 1.82. The maximum Gasteiger partial charge on any atom is 0.363 e. The summed E-state index contributed by atoms with van der Waals surface area (Å²) < 4.78 is 18.2. The minimum absolute atomic E-state index is 0.206. The predicted molar refractivity (Wildman–Crippen MR) is 75.5 cm³/mol. The topological polar surface area (TPSA) is 77.3 Å². The molecule has 21 heavy (non-hydrogen) atoms. The average molecular weight is 291 g/mol. The molecule has 2 aromatic rings. The van der Waals surface area contributed by atoms with E-state index in [0.29, 0.717) is 12.2 Å². The summed E-state index contributed by atoms with van der Waals surface area (Å²) in [7, 11) is 1.56. The lowest BCUT2D eigenvalue weighted by Gasteiger charge is -2.16. The molecule has 0 unspecified atom stereocenters. The standard InChI is InChI=1S/C14H14FN3O3/c1-21-13(10-2-4-11(15)5-3-10)9-16-12-6-7-14(17-8-12)18(19)20/h2-8,13,16H,9H2,1H3/t13-/m1/s1. The number of aromatic nitrogens is 1. The second-order valence-corrected chi connectivity index (χ2v) is 4.32. The fraction of sp³-hybridized carbons (Fsp3) is 0.214. The number of methoxy groups -OCH3 is 1. The first-order valence-electron chi connectivity index (χ1n) is 6.22. The molecule has 1 N–H and O–H groups in total. The Kier molecular flexibility index (Phi) is 4.78. The molecular formula is C14H14FN3O3. The van der Waals surface area contributed by atoms with Crippen molar-refractivity contribution in [1.82, 2.24) is 4.98 Å². The molecule has 0 saturated carbocycles. The smallest absolute Gasteiger partial charge is 0.363 e. The van der Waals surface area contributed by atoms with Crippen LogP contribution in [0.2, 0.25) is 0 Å². The van der Waals surface area contributed by atoms with Gasteiger partial charge in [0.15, 0.2) is 6.20 Å². The summed E-state index contributed by atoms with van der Waals surface area (Å²) in [5, 5.41) is 13.6. The van der Waals surface area contributed by atoms with Crippen LogP contribution in [0.25, 0.3) is 0 Å². The zero-order chi connectivity index (χ0) is 15.2. The number of rotatable bonds is 6. The molecule has 1 aromatic carbocycles. The van der Waals surface area contributed by atoms with Crippen LogP contribution in [0, 0.1) is 15.9 Å². The highest BCUT2D eigenvalue weighted by Gasteiger charge is 2.11. The number of pyridine rings is 1. The fourth-order valence-corrected chi connectivity index (χ4v) is 1.82. The van der Waals surface area contributed by atoms with Crippen molar-refractivity contribution in [1.29, 1.82) is 0 Å². The van der Waals surface area contributed by atoms with Crippen LogP contribution in [-0.4, -0.2) is 23.6 Å². The van der Waals surface area contributed by atoms with E-state index >= 15 is 0 Å². The molecule has 0 aliphatic carbocycles. The summed E-state index contributed by atoms with van der Waals surface area (Å²) in [6.45, 7) is 0.432. The molecule has 1 atom stereocenters. The highest BCUT2D eigenvalue weighted by atomic mass is 19.1. The van der Waals surface area contributed by atoms with E-state index in [-0.39, 0.29) is 17.7 Å². The highest BCUT2D eigenvalue weighted by molar-refractivity contribution is 5.43. The molecule has 0 bridgehead atoms. The first-order valence-corrected chi connectivity index (χ1v) is 6.22. The number of hydrogen-bond acceptors (Lipinski definition) is 5. The third kappa shape index (κ3) is 3.96. The Hall–Kier alpha value is -2.54. The molecule has 0 radical (unpaired) electrons. The van der Waals surface area contributed by atoms with Gasteiger partial charge in [-0.3, -0.25) is 0 Å². The molecular weight excluding hydrogens is 277 g/mol. The second-order valence-electron chi connectivity index (χ2n) is 4.32. The molecule has 1 heterocycles. The van der Waals surface area contributed by atoms with Crippen LogP contribution in [0.3, 0.4) is 0 Å². The lowest BCUT2D eigenvalue weighted by atomic mass is 10.1. The third-order valence-electron chi connectivity index (χ3n) is 2.95. The van der Waals surface area contributed by atoms with Crippen molar-refractivity contribution in [2.24, 2.45) is 0 Å². The molecule has 7 heteroatoms. The van der Waals surface area contributed by atoms with Crippen LogP contribution in [0.5, 0.6) is 0 Å². The van der Waals surface area contributed by atoms with Gasteiger partial charge in [0.1, 0.15) is 5.82 Å². The summed E-state index contributed by atoms with van der Waals surface area (Å²) in [6, 6.07) is 8.94. The Morgan fingerprint density at radius 1 is 1.33 bits per heavy atom. The van der Waals surface area contributed by atoms with Crippen molar-refractivity contribution in [3.8, 4) is 0 Å². The van der Waals surface area contributed by atoms with Crippen LogP contribution >= 0.6 is 0 Å². The average Bonchev–Trinajstić information content (AvgIpc) is 2.50. The summed E-state index contributed by atoms with van der Waals surface area (Å²) in [6.07, 6.45) is 1.12. The first kappa shape index (κ1) is 14.9. The van der Waals surface area contributed by atoms with Crippen molar-refractivity contribution in [2.45, 2.75) is 6.10 Å². The Morgan fingerprint density at radius 3 is 2.57 bits per heavy atom. The van der Waals surface area contributed by atoms with Gasteiger partial charge in [0, 0.05) is 19.7 Å². The van der Waals surface area contributed by atoms with Gasteiger partial charge in [-0.25, -0.2) is 4.39 Å². The lowest BCUT2D eigenvalue weighted by molar-refractivity contribution is -0.389. The summed E-state index contributed by atoms with van der Waals surface area (Å²) >= 11 is 0. The molecule has 110 valence electrons. The normalized spacial score (nSPS) is 11.9. The monoisotopic (exact) mass is 291 g/mol. The van der Waals surface area contributed by atoms with Gasteiger partial charge < -0.3 is 20.2 Å². The second kappa shape index (κ2) is 6.76. The van der Waals surface area contributed by atoms with Crippen molar-refractivity contribution < 1.29 is 14.1 Å². The summed E-state index contributed by atoms with van der Waals surface area (Å²) in [5.74, 6) is -0.511. The predicted octanol–water partition coefficient (Wildman–Crippen LogP) is 2.93. The van der Waals surface area contributed by atoms with E-state index < -0.39 is 4.92 Å². The number of halogens is 1. The third-order valence-corrected chi connectivity index (χ3v) is 2.95. The van der Waals surface area contributed by atoms with E-state index in [4.69, 9.17) is 4.74 Å². The molecule has 0 fully saturated rings. The van der Waals surface area contributed by atoms with Crippen molar-refractivity contribution in [3.05, 3.63) is 64.1 Å². The van der Waals surface area contributed by atoms with Gasteiger partial charge in [-0.2, -0.15) is 0 Å². The number of nitrogens with one attached hydrogen (secondary N) is 1. The number of anilines is 1. The maximum absolute atomic E-state index is 12.9. The van der Waals surface area contributed by atoms with E-state index in [9.17, 15) is 14.5 Å². The molecule has 0 aliphatic rings. The minimum Gasteiger partial charge on any atom is -0.379 e. The van der Waals surface area contributed by atoms with Crippen LogP contribution in [0.4, 0.5) is 15.9 Å². The summed E-state index contributed by atoms with van der Waals surface area (Å²) in [5.41, 5.74) is 1.48. The van der Waals surface area contributed by atoms with Gasteiger partial charge >= 0.3 is 5.82 Å². The highest BCUT2D eigenvalue weighted by Crippen LogP contribution is 2.19. The van der Waals surface area contributed by atoms with E-state index in [2.05, 4.69) is 10.3 Å². The Labute approximate surface area is 120 Å². The van der Waals surface area contributed by atoms with Crippen molar-refractivity contribution in [3.63, 3.8) is 0 Å². The number of nitro groups is 1. The maximum atomic E-state index is 12.9. The van der Waals surface area contributed by atoms with E-state index in [0.717, 1.165) is 5.56 Å². The first-order chi connectivity index (χ1) is 10.1. The Morgan fingerprint density at radius 2 is 2.05 bits per heavy atom. The number of ether oxygens (including phenoxy) is 1. The van der Waals surface area contributed by atoms with Gasteiger partial charge in [0.05, 0.1) is 11.8 Å². The molecule has 0 aliphatic heterocycles. The van der Waals surface area contributed by atoms with Crippen molar-refractivity contribution >= 4 is 11.5 Å². The van der Waals surface area contributed by atoms with Gasteiger partial charge in [-0.05, 0) is 33.7 Å². The van der Waals surface area contributed by atoms with Crippen LogP contribution in [-0.2, 0) is 4.74 Å². The number of benzene rings is 1. The number of nitrogens with zero attached hydrogens (tertiary/aromatic N) is 2. The molecule has 0 saturated heterocycles. The van der Waals surface area contributed by atoms with Crippen LogP contribution in [0.15, 0.2) is 42.6 Å². The zero-order valence-corrected chi connectivity index (χ0v) is 11.3. The van der Waals surface area contributed by atoms with Gasteiger partial charge in [-0.15, -0.1) is 0 Å². The zero-order valence-electron chi connectivity index (χ0n) is 11.3.